The van der Waals surface area contributed by atoms with Gasteiger partial charge >= 0.3 is 6.18 Å². The zero-order valence-corrected chi connectivity index (χ0v) is 21.7. The van der Waals surface area contributed by atoms with Crippen LogP contribution in [0.15, 0.2) is 36.5 Å². The maximum absolute atomic E-state index is 13.7. The number of aromatic amines is 1. The monoisotopic (exact) mass is 584 g/mol. The Morgan fingerprint density at radius 1 is 1.07 bits per heavy atom. The third kappa shape index (κ3) is 5.48. The zero-order valence-electron chi connectivity index (χ0n) is 21.0. The molecular formula is C26H23ClF6N6O. The van der Waals surface area contributed by atoms with E-state index in [0.717, 1.165) is 24.3 Å². The number of aromatic nitrogens is 3. The lowest BCUT2D eigenvalue weighted by Crippen LogP contribution is -2.52. The number of nitrogens with zero attached hydrogens (tertiary/aromatic N) is 4. The number of fused-ring (bicyclic) bond motifs is 1. The quantitative estimate of drug-likeness (QED) is 0.194. The Balaban J connectivity index is 1.42. The summed E-state index contributed by atoms with van der Waals surface area (Å²) in [4.78, 5) is 15.7. The molecule has 5 rings (SSSR count). The van der Waals surface area contributed by atoms with E-state index in [9.17, 15) is 31.4 Å². The van der Waals surface area contributed by atoms with Crippen molar-refractivity contribution in [3.63, 3.8) is 0 Å². The number of hydrogen-bond acceptors (Lipinski definition) is 6. The summed E-state index contributed by atoms with van der Waals surface area (Å²) in [5.41, 5.74) is -0.0413. The molecule has 1 saturated heterocycles. The van der Waals surface area contributed by atoms with E-state index >= 15 is 0 Å². The molecule has 3 heterocycles. The van der Waals surface area contributed by atoms with Gasteiger partial charge in [0.25, 0.3) is 0 Å². The van der Waals surface area contributed by atoms with Crippen LogP contribution in [-0.4, -0.2) is 45.7 Å². The number of piperazine rings is 1. The predicted octanol–water partition coefficient (Wildman–Crippen LogP) is 5.87. The first kappa shape index (κ1) is 27.8. The highest BCUT2D eigenvalue weighted by Crippen LogP contribution is 2.36. The van der Waals surface area contributed by atoms with Crippen molar-refractivity contribution in [1.29, 1.82) is 0 Å². The van der Waals surface area contributed by atoms with Gasteiger partial charge in [-0.05, 0) is 48.4 Å². The van der Waals surface area contributed by atoms with Crippen LogP contribution in [0.4, 0.5) is 43.8 Å². The number of hydrogen-bond donors (Lipinski definition) is 3. The van der Waals surface area contributed by atoms with E-state index in [1.54, 1.807) is 12.3 Å². The van der Waals surface area contributed by atoms with Crippen LogP contribution in [0, 0.1) is 17.5 Å². The Morgan fingerprint density at radius 3 is 2.42 bits per heavy atom. The summed E-state index contributed by atoms with van der Waals surface area (Å²) in [5.74, 6) is -3.52. The first-order chi connectivity index (χ1) is 18.9. The predicted molar refractivity (Wildman–Crippen MR) is 139 cm³/mol. The second-order valence-electron chi connectivity index (χ2n) is 9.50. The maximum Gasteiger partial charge on any atom is 0.416 e. The highest BCUT2D eigenvalue weighted by Gasteiger charge is 2.33. The molecule has 0 amide bonds. The molecule has 0 saturated carbocycles. The number of nitrogens with one attached hydrogen (secondary N) is 2. The lowest BCUT2D eigenvalue weighted by atomic mass is 10.1. The number of aliphatic hydroxyl groups is 1. The normalized spacial score (nSPS) is 16.2. The molecule has 4 aromatic rings. The van der Waals surface area contributed by atoms with Crippen LogP contribution in [0.5, 0.6) is 0 Å². The largest absolute Gasteiger partial charge is 0.416 e. The number of H-pyrrole nitrogens is 1. The fraction of sp³-hybridized carbons (Fsp3) is 0.308. The summed E-state index contributed by atoms with van der Waals surface area (Å²) in [6, 6.07) is 4.84. The molecule has 1 aliphatic rings. The van der Waals surface area contributed by atoms with E-state index in [2.05, 4.69) is 20.3 Å². The maximum atomic E-state index is 13.7. The average molecular weight is 585 g/mol. The summed E-state index contributed by atoms with van der Waals surface area (Å²) in [7, 11) is 0. The molecule has 14 heteroatoms. The second-order valence-corrected chi connectivity index (χ2v) is 9.91. The standard InChI is InChI=1S/C26H23ClF6N6O/c1-13-11-38(24-17(27)4-15(12-40)10-35-24)2-3-39(13)25-36-21-8-16(26(31,32)33)7-20(23(21)37-25)34-9-14-5-18(28)22(30)19(29)6-14/h4-8,10,13,34,40H,2-3,9,11-12H2,1H3,(H,36,37)/t13-/m1/s1. The van der Waals surface area contributed by atoms with E-state index < -0.39 is 29.2 Å². The van der Waals surface area contributed by atoms with Crippen molar-refractivity contribution in [3.05, 3.63) is 75.7 Å². The fourth-order valence-corrected chi connectivity index (χ4v) is 5.01. The van der Waals surface area contributed by atoms with Gasteiger partial charge in [-0.15, -0.1) is 0 Å². The minimum atomic E-state index is -4.67. The van der Waals surface area contributed by atoms with Crippen LogP contribution in [-0.2, 0) is 19.3 Å². The molecule has 0 radical (unpaired) electrons. The summed E-state index contributed by atoms with van der Waals surface area (Å²) in [5, 5.41) is 12.5. The Morgan fingerprint density at radius 2 is 1.80 bits per heavy atom. The summed E-state index contributed by atoms with van der Waals surface area (Å²) < 4.78 is 81.6. The van der Waals surface area contributed by atoms with Gasteiger partial charge in [-0.1, -0.05) is 11.6 Å². The van der Waals surface area contributed by atoms with Crippen molar-refractivity contribution in [2.45, 2.75) is 32.3 Å². The van der Waals surface area contributed by atoms with E-state index in [1.165, 1.54) is 0 Å². The van der Waals surface area contributed by atoms with E-state index in [0.29, 0.717) is 42.0 Å². The Hall–Kier alpha value is -3.71. The van der Waals surface area contributed by atoms with Gasteiger partial charge in [-0.3, -0.25) is 0 Å². The van der Waals surface area contributed by atoms with Crippen molar-refractivity contribution in [3.8, 4) is 0 Å². The highest BCUT2D eigenvalue weighted by molar-refractivity contribution is 6.33. The van der Waals surface area contributed by atoms with Crippen LogP contribution in [0.1, 0.15) is 23.6 Å². The fourth-order valence-electron chi connectivity index (χ4n) is 4.70. The number of aliphatic hydroxyl groups excluding tert-OH is 1. The SMILES string of the molecule is C[C@@H]1CN(c2ncc(CO)cc2Cl)CCN1c1nc2cc(C(F)(F)F)cc(NCc3cc(F)c(F)c(F)c3)c2[nH]1. The van der Waals surface area contributed by atoms with Gasteiger partial charge in [0.15, 0.2) is 17.5 Å². The van der Waals surface area contributed by atoms with Crippen molar-refractivity contribution < 1.29 is 31.4 Å². The summed E-state index contributed by atoms with van der Waals surface area (Å²) in [6.07, 6.45) is -3.13. The minimum Gasteiger partial charge on any atom is -0.392 e. The van der Waals surface area contributed by atoms with Gasteiger partial charge < -0.3 is 25.2 Å². The number of anilines is 3. The van der Waals surface area contributed by atoms with Crippen LogP contribution in [0.25, 0.3) is 11.0 Å². The third-order valence-electron chi connectivity index (χ3n) is 6.69. The summed E-state index contributed by atoms with van der Waals surface area (Å²) >= 11 is 6.36. The minimum absolute atomic E-state index is 0.00531. The lowest BCUT2D eigenvalue weighted by molar-refractivity contribution is -0.137. The number of pyridine rings is 1. The zero-order chi connectivity index (χ0) is 28.8. The first-order valence-corrected chi connectivity index (χ1v) is 12.6. The number of rotatable bonds is 6. The smallest absolute Gasteiger partial charge is 0.392 e. The summed E-state index contributed by atoms with van der Waals surface area (Å²) in [6.45, 7) is 2.90. The van der Waals surface area contributed by atoms with Gasteiger partial charge in [-0.25, -0.2) is 23.1 Å². The van der Waals surface area contributed by atoms with Gasteiger partial charge in [0.1, 0.15) is 5.82 Å². The van der Waals surface area contributed by atoms with Crippen LogP contribution < -0.4 is 15.1 Å². The molecule has 1 aliphatic heterocycles. The molecule has 40 heavy (non-hydrogen) atoms. The molecular weight excluding hydrogens is 562 g/mol. The third-order valence-corrected chi connectivity index (χ3v) is 6.97. The first-order valence-electron chi connectivity index (χ1n) is 12.2. The lowest BCUT2D eigenvalue weighted by Gasteiger charge is -2.40. The Kier molecular flexibility index (Phi) is 7.44. The molecule has 0 bridgehead atoms. The number of imidazole rings is 1. The van der Waals surface area contributed by atoms with Gasteiger partial charge in [0.05, 0.1) is 33.9 Å². The second kappa shape index (κ2) is 10.7. The van der Waals surface area contributed by atoms with Crippen molar-refractivity contribution in [2.75, 3.05) is 34.8 Å². The van der Waals surface area contributed by atoms with Crippen LogP contribution in [0.3, 0.4) is 0 Å². The molecule has 212 valence electrons. The Labute approximate surface area is 229 Å². The Bertz CT molecular complexity index is 1540. The molecule has 0 aliphatic carbocycles. The highest BCUT2D eigenvalue weighted by atomic mass is 35.5. The van der Waals surface area contributed by atoms with Crippen molar-refractivity contribution in [2.24, 2.45) is 0 Å². The van der Waals surface area contributed by atoms with Crippen LogP contribution >= 0.6 is 11.6 Å². The van der Waals surface area contributed by atoms with Crippen LogP contribution in [0.2, 0.25) is 5.02 Å². The van der Waals surface area contributed by atoms with Gasteiger partial charge in [-0.2, -0.15) is 13.2 Å². The molecule has 2 aromatic carbocycles. The number of halogens is 7. The van der Waals surface area contributed by atoms with E-state index in [4.69, 9.17) is 11.6 Å². The number of benzene rings is 2. The molecule has 1 fully saturated rings. The molecule has 0 spiro atoms. The van der Waals surface area contributed by atoms with E-state index in [1.807, 2.05) is 16.7 Å². The van der Waals surface area contributed by atoms with E-state index in [-0.39, 0.29) is 41.5 Å². The molecule has 2 aromatic heterocycles. The number of alkyl halides is 3. The molecule has 0 unspecified atom stereocenters. The topological polar surface area (TPSA) is 80.3 Å². The molecule has 3 N–H and O–H groups in total. The van der Waals surface area contributed by atoms with Gasteiger partial charge in [0.2, 0.25) is 5.95 Å². The van der Waals surface area contributed by atoms with Crippen molar-refractivity contribution >= 4 is 40.1 Å². The van der Waals surface area contributed by atoms with Crippen molar-refractivity contribution in [1.82, 2.24) is 15.0 Å². The molecule has 7 nitrogen and oxygen atoms in total. The average Bonchev–Trinajstić information content (AvgIpc) is 3.33. The van der Waals surface area contributed by atoms with Gasteiger partial charge in [0, 0.05) is 38.4 Å². The molecule has 1 atom stereocenters.